The monoisotopic (exact) mass is 374 g/mol. The van der Waals surface area contributed by atoms with Crippen LogP contribution >= 0.6 is 0 Å². The first-order valence-corrected chi connectivity index (χ1v) is 7.87. The van der Waals surface area contributed by atoms with Crippen molar-refractivity contribution in [1.82, 2.24) is 0 Å². The van der Waals surface area contributed by atoms with Gasteiger partial charge in [-0.2, -0.15) is 26.3 Å². The van der Waals surface area contributed by atoms with Crippen LogP contribution in [0.1, 0.15) is 39.5 Å². The minimum Gasteiger partial charge on any atom is -0.456 e. The Labute approximate surface area is 141 Å². The van der Waals surface area contributed by atoms with Crippen molar-refractivity contribution in [3.05, 3.63) is 12.2 Å². The lowest BCUT2D eigenvalue weighted by Crippen LogP contribution is -2.58. The van der Waals surface area contributed by atoms with E-state index in [4.69, 9.17) is 4.74 Å². The fourth-order valence-electron chi connectivity index (χ4n) is 4.29. The largest absolute Gasteiger partial charge is 0.456 e. The summed E-state index contributed by atoms with van der Waals surface area (Å²) in [5, 5.41) is 9.48. The molecule has 0 aliphatic heterocycles. The highest BCUT2D eigenvalue weighted by atomic mass is 19.4. The molecular weight excluding hydrogens is 354 g/mol. The summed E-state index contributed by atoms with van der Waals surface area (Å²) in [5.41, 5.74) is -5.82. The molecule has 2 saturated carbocycles. The molecule has 0 aromatic rings. The molecule has 1 N–H and O–H groups in total. The van der Waals surface area contributed by atoms with E-state index in [0.29, 0.717) is 12.8 Å². The van der Waals surface area contributed by atoms with Crippen molar-refractivity contribution in [2.75, 3.05) is 0 Å². The van der Waals surface area contributed by atoms with Gasteiger partial charge in [-0.3, -0.25) is 0 Å². The van der Waals surface area contributed by atoms with Gasteiger partial charge in [0.25, 0.3) is 5.60 Å². The van der Waals surface area contributed by atoms with Crippen molar-refractivity contribution in [3.8, 4) is 0 Å². The summed E-state index contributed by atoms with van der Waals surface area (Å²) in [7, 11) is 0. The average Bonchev–Trinajstić information content (AvgIpc) is 2.89. The Kier molecular flexibility index (Phi) is 4.73. The van der Waals surface area contributed by atoms with Crippen molar-refractivity contribution in [2.45, 2.75) is 63.1 Å². The molecule has 4 unspecified atom stereocenters. The first kappa shape index (κ1) is 20.1. The van der Waals surface area contributed by atoms with E-state index in [-0.39, 0.29) is 12.0 Å². The second-order valence-electron chi connectivity index (χ2n) is 7.35. The molecule has 0 amide bonds. The maximum absolute atomic E-state index is 13.0. The maximum atomic E-state index is 13.0. The van der Waals surface area contributed by atoms with Crippen LogP contribution in [-0.4, -0.2) is 34.6 Å². The maximum Gasteiger partial charge on any atom is 0.426 e. The molecule has 25 heavy (non-hydrogen) atoms. The van der Waals surface area contributed by atoms with Crippen molar-refractivity contribution >= 4 is 5.97 Å². The van der Waals surface area contributed by atoms with Gasteiger partial charge in [0.2, 0.25) is 0 Å². The van der Waals surface area contributed by atoms with Gasteiger partial charge in [0.15, 0.2) is 0 Å². The van der Waals surface area contributed by atoms with Gasteiger partial charge >= 0.3 is 18.3 Å². The van der Waals surface area contributed by atoms with Gasteiger partial charge in [0.1, 0.15) is 5.60 Å². The number of ether oxygens (including phenoxy) is 1. The second kappa shape index (κ2) is 5.89. The number of carbonyl (C=O) groups excluding carboxylic acids is 1. The van der Waals surface area contributed by atoms with Crippen LogP contribution in [0.2, 0.25) is 0 Å². The predicted octanol–water partition coefficient (Wildman–Crippen LogP) is 4.16. The van der Waals surface area contributed by atoms with E-state index in [1.807, 2.05) is 0 Å². The van der Waals surface area contributed by atoms with E-state index in [2.05, 4.69) is 6.58 Å². The molecule has 2 bridgehead atoms. The van der Waals surface area contributed by atoms with E-state index in [1.54, 1.807) is 0 Å². The minimum absolute atomic E-state index is 0.0997. The molecule has 0 spiro atoms. The highest BCUT2D eigenvalue weighted by molar-refractivity contribution is 5.87. The Morgan fingerprint density at radius 1 is 1.20 bits per heavy atom. The molecule has 0 aromatic heterocycles. The number of hydrogen-bond acceptors (Lipinski definition) is 3. The third-order valence-electron chi connectivity index (χ3n) is 5.57. The van der Waals surface area contributed by atoms with E-state index in [9.17, 15) is 36.2 Å². The van der Waals surface area contributed by atoms with Gasteiger partial charge in [-0.15, -0.1) is 0 Å². The zero-order valence-corrected chi connectivity index (χ0v) is 13.8. The number of rotatable bonds is 4. The predicted molar refractivity (Wildman–Crippen MR) is 75.3 cm³/mol. The lowest BCUT2D eigenvalue weighted by atomic mass is 9.80. The lowest BCUT2D eigenvalue weighted by Gasteiger charge is -2.37. The summed E-state index contributed by atoms with van der Waals surface area (Å²) < 4.78 is 83.1. The van der Waals surface area contributed by atoms with E-state index in [1.165, 1.54) is 13.8 Å². The topological polar surface area (TPSA) is 46.5 Å². The fraction of sp³-hybridized carbons (Fsp3) is 0.812. The Morgan fingerprint density at radius 2 is 1.72 bits per heavy atom. The summed E-state index contributed by atoms with van der Waals surface area (Å²) in [4.78, 5) is 11.8. The number of hydrogen-bond donors (Lipinski definition) is 1. The highest BCUT2D eigenvalue weighted by Gasteiger charge is 2.72. The van der Waals surface area contributed by atoms with Crippen LogP contribution in [0.3, 0.4) is 0 Å². The number of carbonyl (C=O) groups is 1. The van der Waals surface area contributed by atoms with E-state index >= 15 is 0 Å². The van der Waals surface area contributed by atoms with Crippen molar-refractivity contribution < 1.29 is 41.0 Å². The molecule has 9 heteroatoms. The van der Waals surface area contributed by atoms with Gasteiger partial charge in [0, 0.05) is 11.5 Å². The van der Waals surface area contributed by atoms with Crippen LogP contribution in [-0.2, 0) is 9.53 Å². The van der Waals surface area contributed by atoms with Crippen molar-refractivity contribution in [3.63, 3.8) is 0 Å². The Hall–Kier alpha value is -1.25. The van der Waals surface area contributed by atoms with Crippen LogP contribution in [0.5, 0.6) is 0 Å². The SMILES string of the molecule is C=C(C)C(=O)OC1(C)CC2CCC1C2CC(O)(C(F)(F)F)C(F)(F)F. The number of alkyl halides is 6. The molecule has 2 fully saturated rings. The quantitative estimate of drug-likeness (QED) is 0.457. The van der Waals surface area contributed by atoms with Gasteiger partial charge in [0.05, 0.1) is 0 Å². The fourth-order valence-corrected chi connectivity index (χ4v) is 4.29. The Bertz CT molecular complexity index is 553. The van der Waals surface area contributed by atoms with Crippen molar-refractivity contribution in [2.24, 2.45) is 17.8 Å². The standard InChI is InChI=1S/C16H20F6O3/c1-8(2)12(23)25-13(3)6-9-4-5-11(13)10(9)7-14(24,15(17,18)19)16(20,21)22/h9-11,24H,1,4-7H2,2-3H3. The Morgan fingerprint density at radius 3 is 2.16 bits per heavy atom. The third kappa shape index (κ3) is 3.27. The first-order valence-electron chi connectivity index (χ1n) is 7.87. The highest BCUT2D eigenvalue weighted by Crippen LogP contribution is 2.60. The molecule has 0 heterocycles. The summed E-state index contributed by atoms with van der Waals surface area (Å²) >= 11 is 0. The second-order valence-corrected chi connectivity index (χ2v) is 7.35. The average molecular weight is 374 g/mol. The molecule has 2 aliphatic carbocycles. The normalized spacial score (nSPS) is 32.8. The van der Waals surface area contributed by atoms with Crippen LogP contribution in [0, 0.1) is 17.8 Å². The number of esters is 1. The smallest absolute Gasteiger partial charge is 0.426 e. The zero-order valence-electron chi connectivity index (χ0n) is 13.8. The number of fused-ring (bicyclic) bond motifs is 2. The molecule has 2 aliphatic rings. The number of halogens is 6. The van der Waals surface area contributed by atoms with Gasteiger partial charge in [-0.1, -0.05) is 6.58 Å². The Balaban J connectivity index is 2.27. The third-order valence-corrected chi connectivity index (χ3v) is 5.57. The summed E-state index contributed by atoms with van der Waals surface area (Å²) in [5.74, 6) is -2.90. The van der Waals surface area contributed by atoms with Crippen molar-refractivity contribution in [1.29, 1.82) is 0 Å². The molecule has 0 saturated heterocycles. The molecule has 2 rings (SSSR count). The van der Waals surface area contributed by atoms with E-state index in [0.717, 1.165) is 0 Å². The van der Waals surface area contributed by atoms with Gasteiger partial charge < -0.3 is 9.84 Å². The zero-order chi connectivity index (χ0) is 19.4. The van der Waals surface area contributed by atoms with Crippen LogP contribution in [0.25, 0.3) is 0 Å². The van der Waals surface area contributed by atoms with E-state index < -0.39 is 53.7 Å². The molecule has 0 aromatic carbocycles. The molecular formula is C16H20F6O3. The lowest BCUT2D eigenvalue weighted by molar-refractivity contribution is -0.373. The molecule has 3 nitrogen and oxygen atoms in total. The first-order chi connectivity index (χ1) is 11.1. The molecule has 4 atom stereocenters. The minimum atomic E-state index is -5.84. The molecule has 144 valence electrons. The summed E-state index contributed by atoms with van der Waals surface area (Å²) in [6, 6.07) is 0. The summed E-state index contributed by atoms with van der Waals surface area (Å²) in [6.45, 7) is 6.35. The number of aliphatic hydroxyl groups is 1. The van der Waals surface area contributed by atoms with Crippen LogP contribution in [0.4, 0.5) is 26.3 Å². The van der Waals surface area contributed by atoms with Gasteiger partial charge in [-0.25, -0.2) is 4.79 Å². The van der Waals surface area contributed by atoms with Crippen LogP contribution < -0.4 is 0 Å². The molecule has 0 radical (unpaired) electrons. The summed E-state index contributed by atoms with van der Waals surface area (Å²) in [6.07, 6.45) is -12.2. The van der Waals surface area contributed by atoms with Gasteiger partial charge in [-0.05, 0) is 51.4 Å². The van der Waals surface area contributed by atoms with Crippen LogP contribution in [0.15, 0.2) is 12.2 Å².